The normalized spacial score (nSPS) is 11.1. The van der Waals surface area contributed by atoms with Crippen molar-refractivity contribution in [2.45, 2.75) is 18.7 Å². The summed E-state index contributed by atoms with van der Waals surface area (Å²) in [6.45, 7) is 2.33. The molecule has 0 saturated carbocycles. The van der Waals surface area contributed by atoms with Crippen molar-refractivity contribution in [3.63, 3.8) is 0 Å². The van der Waals surface area contributed by atoms with Gasteiger partial charge < -0.3 is 4.74 Å². The van der Waals surface area contributed by atoms with Crippen molar-refractivity contribution in [2.75, 3.05) is 12.9 Å². The van der Waals surface area contributed by atoms with E-state index in [1.165, 1.54) is 22.3 Å². The van der Waals surface area contributed by atoms with E-state index in [-0.39, 0.29) is 5.56 Å². The van der Waals surface area contributed by atoms with Gasteiger partial charge in [-0.05, 0) is 5.75 Å². The summed E-state index contributed by atoms with van der Waals surface area (Å²) in [6.07, 6.45) is 0. The third-order valence-corrected chi connectivity index (χ3v) is 2.68. The van der Waals surface area contributed by atoms with Crippen molar-refractivity contribution >= 4 is 17.5 Å². The molecule has 16 heavy (non-hydrogen) atoms. The van der Waals surface area contributed by atoms with Gasteiger partial charge in [0.2, 0.25) is 0 Å². The van der Waals surface area contributed by atoms with Crippen LogP contribution < -0.4 is 5.56 Å². The van der Waals surface area contributed by atoms with Gasteiger partial charge in [-0.2, -0.15) is 9.50 Å². The molecule has 0 saturated heterocycles. The molecule has 2 rings (SSSR count). The van der Waals surface area contributed by atoms with Crippen molar-refractivity contribution in [1.29, 1.82) is 0 Å². The Labute approximate surface area is 96.0 Å². The largest absolute Gasteiger partial charge is 0.378 e. The molecule has 0 radical (unpaired) electrons. The zero-order valence-corrected chi connectivity index (χ0v) is 9.87. The number of rotatable bonds is 4. The third kappa shape index (κ3) is 2.10. The molecule has 6 nitrogen and oxygen atoms in total. The minimum absolute atomic E-state index is 0.174. The van der Waals surface area contributed by atoms with Crippen LogP contribution in [0.4, 0.5) is 0 Å². The van der Waals surface area contributed by atoms with E-state index in [1.54, 1.807) is 7.11 Å². The van der Waals surface area contributed by atoms with Crippen molar-refractivity contribution in [1.82, 2.24) is 19.6 Å². The molecule has 86 valence electrons. The Morgan fingerprint density at radius 3 is 3.06 bits per heavy atom. The number of fused-ring (bicyclic) bond motifs is 1. The predicted octanol–water partition coefficient (Wildman–Crippen LogP) is 0.676. The van der Waals surface area contributed by atoms with Gasteiger partial charge in [0.05, 0.1) is 12.3 Å². The molecule has 7 heteroatoms. The molecule has 2 heterocycles. The van der Waals surface area contributed by atoms with Gasteiger partial charge in [0.25, 0.3) is 11.3 Å². The fraction of sp³-hybridized carbons (Fsp3) is 0.444. The van der Waals surface area contributed by atoms with Gasteiger partial charge in [0, 0.05) is 13.2 Å². The van der Waals surface area contributed by atoms with Crippen LogP contribution in [-0.4, -0.2) is 32.4 Å². The molecule has 0 unspecified atom stereocenters. The molecule has 0 atom stereocenters. The number of hydrogen-bond donors (Lipinski definition) is 1. The molecule has 0 fully saturated rings. The van der Waals surface area contributed by atoms with Crippen LogP contribution in [0.5, 0.6) is 0 Å². The number of nitrogens with one attached hydrogen (secondary N) is 1. The van der Waals surface area contributed by atoms with Crippen molar-refractivity contribution in [3.05, 3.63) is 22.1 Å². The lowest BCUT2D eigenvalue weighted by Crippen LogP contribution is -2.15. The van der Waals surface area contributed by atoms with E-state index in [1.807, 2.05) is 6.92 Å². The highest BCUT2D eigenvalue weighted by atomic mass is 32.2. The van der Waals surface area contributed by atoms with E-state index in [2.05, 4.69) is 15.1 Å². The lowest BCUT2D eigenvalue weighted by molar-refractivity contribution is 0.181. The number of thioether (sulfide) groups is 1. The van der Waals surface area contributed by atoms with Gasteiger partial charge in [0.1, 0.15) is 0 Å². The zero-order valence-electron chi connectivity index (χ0n) is 9.06. The van der Waals surface area contributed by atoms with E-state index in [0.29, 0.717) is 23.2 Å². The highest BCUT2D eigenvalue weighted by molar-refractivity contribution is 7.99. The first-order valence-corrected chi connectivity index (χ1v) is 5.83. The monoisotopic (exact) mass is 240 g/mol. The Bertz CT molecular complexity index is 548. The summed E-state index contributed by atoms with van der Waals surface area (Å²) in [6, 6.07) is 1.44. The second-order valence-electron chi connectivity index (χ2n) is 3.12. The first-order chi connectivity index (χ1) is 7.74. The van der Waals surface area contributed by atoms with E-state index >= 15 is 0 Å². The molecule has 0 aliphatic rings. The maximum Gasteiger partial charge on any atom is 0.274 e. The lowest BCUT2D eigenvalue weighted by Gasteiger charge is -1.97. The first-order valence-electron chi connectivity index (χ1n) is 4.85. The third-order valence-electron chi connectivity index (χ3n) is 1.94. The molecule has 0 spiro atoms. The molecule has 0 aromatic carbocycles. The number of ether oxygens (including phenoxy) is 1. The number of hydrogen-bond acceptors (Lipinski definition) is 5. The maximum atomic E-state index is 11.7. The van der Waals surface area contributed by atoms with Crippen LogP contribution in [0.25, 0.3) is 5.78 Å². The second-order valence-corrected chi connectivity index (χ2v) is 4.37. The van der Waals surface area contributed by atoms with Gasteiger partial charge in [0.15, 0.2) is 5.16 Å². The molecule has 0 bridgehead atoms. The van der Waals surface area contributed by atoms with Crippen molar-refractivity contribution in [2.24, 2.45) is 0 Å². The van der Waals surface area contributed by atoms with Crippen LogP contribution in [0.2, 0.25) is 0 Å². The van der Waals surface area contributed by atoms with E-state index in [9.17, 15) is 4.79 Å². The second kappa shape index (κ2) is 4.67. The average Bonchev–Trinajstić information content (AvgIpc) is 2.62. The highest BCUT2D eigenvalue weighted by Gasteiger charge is 2.07. The van der Waals surface area contributed by atoms with Gasteiger partial charge in [-0.25, -0.2) is 4.98 Å². The van der Waals surface area contributed by atoms with Gasteiger partial charge in [-0.1, -0.05) is 18.7 Å². The SMILES string of the molecule is CCSc1nc2nc(COC)cc(=O)n2[nH]1. The highest BCUT2D eigenvalue weighted by Crippen LogP contribution is 2.11. The van der Waals surface area contributed by atoms with Crippen LogP contribution in [0.15, 0.2) is 16.0 Å². The summed E-state index contributed by atoms with van der Waals surface area (Å²) in [5.41, 5.74) is 0.416. The fourth-order valence-electron chi connectivity index (χ4n) is 1.33. The Morgan fingerprint density at radius 2 is 2.38 bits per heavy atom. The van der Waals surface area contributed by atoms with Crippen LogP contribution in [-0.2, 0) is 11.3 Å². The number of aromatic amines is 1. The molecule has 0 aliphatic heterocycles. The molecule has 0 aliphatic carbocycles. The van der Waals surface area contributed by atoms with Crippen LogP contribution >= 0.6 is 11.8 Å². The summed E-state index contributed by atoms with van der Waals surface area (Å²) in [5, 5.41) is 3.58. The van der Waals surface area contributed by atoms with Crippen molar-refractivity contribution in [3.8, 4) is 0 Å². The number of aromatic nitrogens is 4. The number of methoxy groups -OCH3 is 1. The topological polar surface area (TPSA) is 72.3 Å². The molecule has 1 N–H and O–H groups in total. The summed E-state index contributed by atoms with van der Waals surface area (Å²) < 4.78 is 6.26. The summed E-state index contributed by atoms with van der Waals surface area (Å²) in [5.74, 6) is 1.27. The Hall–Kier alpha value is -1.34. The Balaban J connectivity index is 2.50. The number of nitrogens with zero attached hydrogens (tertiary/aromatic N) is 3. The first kappa shape index (κ1) is 11.2. The van der Waals surface area contributed by atoms with E-state index in [4.69, 9.17) is 4.74 Å². The fourth-order valence-corrected chi connectivity index (χ4v) is 1.91. The predicted molar refractivity (Wildman–Crippen MR) is 60.7 cm³/mol. The van der Waals surface area contributed by atoms with E-state index in [0.717, 1.165) is 5.75 Å². The molecular formula is C9H12N4O2S. The van der Waals surface area contributed by atoms with Crippen molar-refractivity contribution < 1.29 is 4.74 Å². The van der Waals surface area contributed by atoms with Gasteiger partial charge in [-0.15, -0.1) is 0 Å². The van der Waals surface area contributed by atoms with Gasteiger partial charge in [-0.3, -0.25) is 9.89 Å². The quantitative estimate of drug-likeness (QED) is 0.795. The van der Waals surface area contributed by atoms with Crippen LogP contribution in [0, 0.1) is 0 Å². The standard InChI is InChI=1S/C9H12N4O2S/c1-3-16-9-11-8-10-6(5-15-2)4-7(14)13(8)12-9/h4H,3,5H2,1-2H3,(H,10,11,12). The maximum absolute atomic E-state index is 11.7. The summed E-state index contributed by atoms with van der Waals surface area (Å²) >= 11 is 1.53. The summed E-state index contributed by atoms with van der Waals surface area (Å²) in [4.78, 5) is 20.1. The molecule has 0 amide bonds. The minimum Gasteiger partial charge on any atom is -0.378 e. The van der Waals surface area contributed by atoms with Crippen LogP contribution in [0.1, 0.15) is 12.6 Å². The zero-order chi connectivity index (χ0) is 11.5. The molecule has 2 aromatic rings. The molecular weight excluding hydrogens is 228 g/mol. The number of H-pyrrole nitrogens is 1. The smallest absolute Gasteiger partial charge is 0.274 e. The lowest BCUT2D eigenvalue weighted by atomic mass is 10.4. The Morgan fingerprint density at radius 1 is 1.56 bits per heavy atom. The summed E-state index contributed by atoms with van der Waals surface area (Å²) in [7, 11) is 1.56. The Kier molecular flexibility index (Phi) is 3.25. The van der Waals surface area contributed by atoms with Gasteiger partial charge >= 0.3 is 0 Å². The van der Waals surface area contributed by atoms with E-state index < -0.39 is 0 Å². The average molecular weight is 240 g/mol. The van der Waals surface area contributed by atoms with Crippen LogP contribution in [0.3, 0.4) is 0 Å². The minimum atomic E-state index is -0.174. The molecule has 2 aromatic heterocycles.